The molecule has 0 saturated carbocycles. The van der Waals surface area contributed by atoms with Crippen LogP contribution in [0.3, 0.4) is 0 Å². The lowest BCUT2D eigenvalue weighted by Crippen LogP contribution is -2.45. The van der Waals surface area contributed by atoms with Gasteiger partial charge in [-0.3, -0.25) is 4.79 Å². The standard InChI is InChI=1S/C13H15N3O4/c14-11(17)6-15-13(20)16-5-4-9-8(7-16)2-1-3-10(9)12(18)19/h1-3H,4-7H2,(H2,14,17)(H,15,20)(H,18,19). The van der Waals surface area contributed by atoms with Crippen molar-refractivity contribution in [1.29, 1.82) is 0 Å². The molecular weight excluding hydrogens is 262 g/mol. The SMILES string of the molecule is NC(=O)CNC(=O)N1CCc2c(cccc2C(=O)O)C1. The first-order chi connectivity index (χ1) is 9.49. The molecule has 1 heterocycles. The number of nitrogens with two attached hydrogens (primary N) is 1. The zero-order valence-corrected chi connectivity index (χ0v) is 10.8. The number of hydrogen-bond donors (Lipinski definition) is 3. The molecule has 106 valence electrons. The van der Waals surface area contributed by atoms with Gasteiger partial charge in [0.15, 0.2) is 0 Å². The van der Waals surface area contributed by atoms with E-state index in [0.29, 0.717) is 19.5 Å². The van der Waals surface area contributed by atoms with Gasteiger partial charge in [-0.2, -0.15) is 0 Å². The molecular formula is C13H15N3O4. The van der Waals surface area contributed by atoms with Crippen LogP contribution in [0, 0.1) is 0 Å². The van der Waals surface area contributed by atoms with Gasteiger partial charge < -0.3 is 21.1 Å². The Morgan fingerprint density at radius 2 is 2.10 bits per heavy atom. The summed E-state index contributed by atoms with van der Waals surface area (Å²) in [5.41, 5.74) is 6.81. The lowest BCUT2D eigenvalue weighted by atomic mass is 9.95. The number of urea groups is 1. The van der Waals surface area contributed by atoms with E-state index in [1.54, 1.807) is 18.2 Å². The third kappa shape index (κ3) is 2.87. The lowest BCUT2D eigenvalue weighted by Gasteiger charge is -2.29. The van der Waals surface area contributed by atoms with Gasteiger partial charge in [-0.25, -0.2) is 9.59 Å². The number of nitrogens with one attached hydrogen (secondary N) is 1. The fraction of sp³-hybridized carbons (Fsp3) is 0.308. The van der Waals surface area contributed by atoms with E-state index < -0.39 is 11.9 Å². The van der Waals surface area contributed by atoms with Crippen molar-refractivity contribution >= 4 is 17.9 Å². The Balaban J connectivity index is 2.12. The van der Waals surface area contributed by atoms with Crippen molar-refractivity contribution < 1.29 is 19.5 Å². The number of primary amides is 1. The van der Waals surface area contributed by atoms with Crippen molar-refractivity contribution in [2.45, 2.75) is 13.0 Å². The molecule has 1 aliphatic rings. The molecule has 0 bridgehead atoms. The lowest BCUT2D eigenvalue weighted by molar-refractivity contribution is -0.117. The molecule has 7 nitrogen and oxygen atoms in total. The first-order valence-electron chi connectivity index (χ1n) is 6.14. The molecule has 0 saturated heterocycles. The van der Waals surface area contributed by atoms with Crippen molar-refractivity contribution in [3.05, 3.63) is 34.9 Å². The summed E-state index contributed by atoms with van der Waals surface area (Å²) in [4.78, 5) is 35.1. The smallest absolute Gasteiger partial charge is 0.335 e. The third-order valence-electron chi connectivity index (χ3n) is 3.20. The Hall–Kier alpha value is -2.57. The van der Waals surface area contributed by atoms with E-state index in [2.05, 4.69) is 5.32 Å². The summed E-state index contributed by atoms with van der Waals surface area (Å²) < 4.78 is 0. The summed E-state index contributed by atoms with van der Waals surface area (Å²) >= 11 is 0. The van der Waals surface area contributed by atoms with Gasteiger partial charge >= 0.3 is 12.0 Å². The number of amides is 3. The van der Waals surface area contributed by atoms with E-state index in [1.807, 2.05) is 0 Å². The summed E-state index contributed by atoms with van der Waals surface area (Å²) in [6, 6.07) is 4.64. The van der Waals surface area contributed by atoms with Crippen LogP contribution in [0.1, 0.15) is 21.5 Å². The van der Waals surface area contributed by atoms with Gasteiger partial charge in [-0.15, -0.1) is 0 Å². The average Bonchev–Trinajstić information content (AvgIpc) is 2.43. The van der Waals surface area contributed by atoms with Gasteiger partial charge in [0.05, 0.1) is 12.1 Å². The molecule has 0 unspecified atom stereocenters. The zero-order chi connectivity index (χ0) is 14.7. The molecule has 0 atom stereocenters. The predicted molar refractivity (Wildman–Crippen MR) is 70.1 cm³/mol. The Morgan fingerprint density at radius 3 is 2.75 bits per heavy atom. The van der Waals surface area contributed by atoms with E-state index in [0.717, 1.165) is 11.1 Å². The molecule has 20 heavy (non-hydrogen) atoms. The van der Waals surface area contributed by atoms with Crippen molar-refractivity contribution in [3.63, 3.8) is 0 Å². The number of carbonyl (C=O) groups excluding carboxylic acids is 2. The second-order valence-electron chi connectivity index (χ2n) is 4.54. The van der Waals surface area contributed by atoms with Gasteiger partial charge in [0.2, 0.25) is 5.91 Å². The van der Waals surface area contributed by atoms with Gasteiger partial charge in [0, 0.05) is 13.1 Å². The minimum Gasteiger partial charge on any atom is -0.478 e. The van der Waals surface area contributed by atoms with E-state index in [1.165, 1.54) is 4.90 Å². The van der Waals surface area contributed by atoms with Crippen LogP contribution in [0.4, 0.5) is 4.79 Å². The molecule has 0 spiro atoms. The van der Waals surface area contributed by atoms with Crippen molar-refractivity contribution in [1.82, 2.24) is 10.2 Å². The molecule has 1 aliphatic heterocycles. The summed E-state index contributed by atoms with van der Waals surface area (Å²) in [6.07, 6.45) is 0.474. The predicted octanol–water partition coefficient (Wildman–Crippen LogP) is -0.0622. The van der Waals surface area contributed by atoms with E-state index >= 15 is 0 Å². The summed E-state index contributed by atoms with van der Waals surface area (Å²) in [5, 5.41) is 11.5. The highest BCUT2D eigenvalue weighted by Crippen LogP contribution is 2.22. The van der Waals surface area contributed by atoms with Crippen LogP contribution in [-0.2, 0) is 17.8 Å². The van der Waals surface area contributed by atoms with Crippen molar-refractivity contribution in [3.8, 4) is 0 Å². The molecule has 0 radical (unpaired) electrons. The summed E-state index contributed by atoms with van der Waals surface area (Å²) in [7, 11) is 0. The molecule has 0 aliphatic carbocycles. The van der Waals surface area contributed by atoms with Crippen LogP contribution in [0.2, 0.25) is 0 Å². The van der Waals surface area contributed by atoms with Gasteiger partial charge in [-0.1, -0.05) is 12.1 Å². The summed E-state index contributed by atoms with van der Waals surface area (Å²) in [6.45, 7) is 0.514. The van der Waals surface area contributed by atoms with E-state index in [4.69, 9.17) is 10.8 Å². The fourth-order valence-corrected chi connectivity index (χ4v) is 2.26. The first kappa shape index (κ1) is 13.9. The minimum absolute atomic E-state index is 0.211. The van der Waals surface area contributed by atoms with Crippen LogP contribution in [-0.4, -0.2) is 41.0 Å². The number of carboxylic acid groups (broad SMARTS) is 1. The highest BCUT2D eigenvalue weighted by molar-refractivity contribution is 5.90. The number of fused-ring (bicyclic) bond motifs is 1. The molecule has 0 aromatic heterocycles. The highest BCUT2D eigenvalue weighted by atomic mass is 16.4. The normalized spacial score (nSPS) is 13.5. The molecule has 2 rings (SSSR count). The summed E-state index contributed by atoms with van der Waals surface area (Å²) in [5.74, 6) is -1.57. The molecule has 7 heteroatoms. The van der Waals surface area contributed by atoms with E-state index in [9.17, 15) is 14.4 Å². The number of carbonyl (C=O) groups is 3. The number of nitrogens with zero attached hydrogens (tertiary/aromatic N) is 1. The second kappa shape index (κ2) is 5.60. The Bertz CT molecular complexity index is 571. The number of benzene rings is 1. The highest BCUT2D eigenvalue weighted by Gasteiger charge is 2.24. The second-order valence-corrected chi connectivity index (χ2v) is 4.54. The maximum absolute atomic E-state index is 11.8. The maximum Gasteiger partial charge on any atom is 0.335 e. The Kier molecular flexibility index (Phi) is 3.88. The number of rotatable bonds is 3. The zero-order valence-electron chi connectivity index (χ0n) is 10.8. The van der Waals surface area contributed by atoms with Gasteiger partial charge in [0.1, 0.15) is 0 Å². The Morgan fingerprint density at radius 1 is 1.35 bits per heavy atom. The van der Waals surface area contributed by atoms with Crippen LogP contribution in [0.5, 0.6) is 0 Å². The van der Waals surface area contributed by atoms with E-state index in [-0.39, 0.29) is 18.1 Å². The van der Waals surface area contributed by atoms with Crippen molar-refractivity contribution in [2.24, 2.45) is 5.73 Å². The largest absolute Gasteiger partial charge is 0.478 e. The molecule has 3 amide bonds. The molecule has 4 N–H and O–H groups in total. The van der Waals surface area contributed by atoms with Gasteiger partial charge in [0.25, 0.3) is 0 Å². The minimum atomic E-state index is -0.964. The van der Waals surface area contributed by atoms with Crippen molar-refractivity contribution in [2.75, 3.05) is 13.1 Å². The van der Waals surface area contributed by atoms with Gasteiger partial charge in [-0.05, 0) is 23.6 Å². The third-order valence-corrected chi connectivity index (χ3v) is 3.20. The van der Waals surface area contributed by atoms with Crippen LogP contribution < -0.4 is 11.1 Å². The molecule has 1 aromatic carbocycles. The van der Waals surface area contributed by atoms with Crippen LogP contribution >= 0.6 is 0 Å². The topological polar surface area (TPSA) is 113 Å². The average molecular weight is 277 g/mol. The Labute approximate surface area is 115 Å². The number of carboxylic acids is 1. The first-order valence-corrected chi connectivity index (χ1v) is 6.14. The quantitative estimate of drug-likeness (QED) is 0.718. The fourth-order valence-electron chi connectivity index (χ4n) is 2.26. The molecule has 1 aromatic rings. The molecule has 0 fully saturated rings. The monoisotopic (exact) mass is 277 g/mol. The maximum atomic E-state index is 11.8. The number of hydrogen-bond acceptors (Lipinski definition) is 3. The van der Waals surface area contributed by atoms with Crippen LogP contribution in [0.15, 0.2) is 18.2 Å². The number of aromatic carboxylic acids is 1. The van der Waals surface area contributed by atoms with Crippen LogP contribution in [0.25, 0.3) is 0 Å².